The number of nitrogens with one attached hydrogen (secondary N) is 1. The number of aliphatic hydroxyl groups excluding tert-OH is 2. The first kappa shape index (κ1) is 20.7. The number of benzene rings is 2. The molecule has 0 unspecified atom stereocenters. The first-order chi connectivity index (χ1) is 14.4. The van der Waals surface area contributed by atoms with Crippen molar-refractivity contribution in [1.82, 2.24) is 4.98 Å². The van der Waals surface area contributed by atoms with E-state index in [0.717, 1.165) is 6.07 Å². The lowest BCUT2D eigenvalue weighted by molar-refractivity contribution is 0.282. The second-order valence-electron chi connectivity index (χ2n) is 6.84. The average molecular weight is 448 g/mol. The van der Waals surface area contributed by atoms with Crippen LogP contribution in [0.4, 0.5) is 4.39 Å². The molecule has 0 spiro atoms. The van der Waals surface area contributed by atoms with Crippen LogP contribution in [0.1, 0.15) is 12.0 Å². The Bertz CT molecular complexity index is 1420. The van der Waals surface area contributed by atoms with Gasteiger partial charge in [0.2, 0.25) is 0 Å². The van der Waals surface area contributed by atoms with Gasteiger partial charge in [-0.3, -0.25) is 4.79 Å². The van der Waals surface area contributed by atoms with Gasteiger partial charge in [-0.15, -0.1) is 11.3 Å². The zero-order chi connectivity index (χ0) is 21.5. The van der Waals surface area contributed by atoms with Crippen molar-refractivity contribution in [3.63, 3.8) is 0 Å². The third-order valence-electron chi connectivity index (χ3n) is 4.98. The van der Waals surface area contributed by atoms with E-state index in [4.69, 9.17) is 5.11 Å². The quantitative estimate of drug-likeness (QED) is 0.421. The fourth-order valence-corrected chi connectivity index (χ4v) is 5.78. The van der Waals surface area contributed by atoms with Gasteiger partial charge in [0.25, 0.3) is 5.56 Å². The highest BCUT2D eigenvalue weighted by Crippen LogP contribution is 2.37. The van der Waals surface area contributed by atoms with Crippen LogP contribution < -0.4 is 5.56 Å². The molecule has 30 heavy (non-hydrogen) atoms. The summed E-state index contributed by atoms with van der Waals surface area (Å²) in [4.78, 5) is 14.7. The van der Waals surface area contributed by atoms with E-state index in [0.29, 0.717) is 37.7 Å². The number of thiophene rings is 1. The van der Waals surface area contributed by atoms with Crippen molar-refractivity contribution in [2.75, 3.05) is 12.4 Å². The highest BCUT2D eigenvalue weighted by Gasteiger charge is 2.21. The van der Waals surface area contributed by atoms with Crippen LogP contribution in [-0.2, 0) is 16.4 Å². The van der Waals surface area contributed by atoms with Crippen LogP contribution in [0.3, 0.4) is 0 Å². The van der Waals surface area contributed by atoms with Gasteiger partial charge in [0.1, 0.15) is 15.4 Å². The van der Waals surface area contributed by atoms with E-state index in [2.05, 4.69) is 4.98 Å². The molecule has 6 nitrogen and oxygen atoms in total. The number of pyridine rings is 1. The maximum Gasteiger partial charge on any atom is 0.266 e. The van der Waals surface area contributed by atoms with Crippen molar-refractivity contribution in [3.05, 3.63) is 63.5 Å². The minimum Gasteiger partial charge on any atom is -0.396 e. The Morgan fingerprint density at radius 3 is 2.60 bits per heavy atom. The van der Waals surface area contributed by atoms with Crippen LogP contribution in [-0.4, -0.2) is 36.0 Å². The third kappa shape index (κ3) is 3.43. The van der Waals surface area contributed by atoms with Gasteiger partial charge < -0.3 is 15.2 Å². The molecule has 0 aliphatic heterocycles. The largest absolute Gasteiger partial charge is 0.396 e. The van der Waals surface area contributed by atoms with Gasteiger partial charge in [-0.2, -0.15) is 0 Å². The molecule has 2 heterocycles. The van der Waals surface area contributed by atoms with E-state index < -0.39 is 20.5 Å². The molecule has 0 aliphatic rings. The Morgan fingerprint density at radius 2 is 1.90 bits per heavy atom. The van der Waals surface area contributed by atoms with Crippen LogP contribution in [0.5, 0.6) is 0 Å². The van der Waals surface area contributed by atoms with E-state index in [9.17, 15) is 22.7 Å². The Kier molecular flexibility index (Phi) is 5.46. The number of hydrogen-bond acceptors (Lipinski definition) is 6. The van der Waals surface area contributed by atoms with Crippen molar-refractivity contribution >= 4 is 42.2 Å². The van der Waals surface area contributed by atoms with Crippen molar-refractivity contribution < 1.29 is 23.0 Å². The molecule has 156 valence electrons. The monoisotopic (exact) mass is 447 g/mol. The summed E-state index contributed by atoms with van der Waals surface area (Å²) in [5, 5.41) is 21.9. The smallest absolute Gasteiger partial charge is 0.266 e. The average Bonchev–Trinajstić information content (AvgIpc) is 3.22. The van der Waals surface area contributed by atoms with Gasteiger partial charge in [-0.25, -0.2) is 12.8 Å². The summed E-state index contributed by atoms with van der Waals surface area (Å²) in [5.74, 6) is -1.26. The van der Waals surface area contributed by atoms with Crippen LogP contribution in [0.25, 0.3) is 32.1 Å². The molecule has 0 atom stereocenters. The van der Waals surface area contributed by atoms with E-state index >= 15 is 0 Å². The first-order valence-corrected chi connectivity index (χ1v) is 11.7. The predicted octanol–water partition coefficient (Wildman–Crippen LogP) is 3.20. The number of hydrogen-bond donors (Lipinski definition) is 3. The van der Waals surface area contributed by atoms with E-state index in [1.807, 2.05) is 0 Å². The predicted molar refractivity (Wildman–Crippen MR) is 115 cm³/mol. The van der Waals surface area contributed by atoms with Crippen LogP contribution in [0, 0.1) is 5.82 Å². The molecule has 2 aromatic heterocycles. The zero-order valence-corrected chi connectivity index (χ0v) is 17.3. The lowest BCUT2D eigenvalue weighted by Crippen LogP contribution is -2.10. The summed E-state index contributed by atoms with van der Waals surface area (Å²) in [7, 11) is -3.87. The number of halogens is 1. The van der Waals surface area contributed by atoms with E-state index in [1.165, 1.54) is 23.5 Å². The van der Waals surface area contributed by atoms with Crippen LogP contribution in [0.2, 0.25) is 0 Å². The minimum atomic E-state index is -3.87. The fourth-order valence-electron chi connectivity index (χ4n) is 3.63. The third-order valence-corrected chi connectivity index (χ3v) is 7.72. The molecule has 0 fully saturated rings. The number of aliphatic hydroxyl groups is 2. The minimum absolute atomic E-state index is 0.0189. The zero-order valence-electron chi connectivity index (χ0n) is 15.7. The molecular weight excluding hydrogens is 429 g/mol. The number of aromatic nitrogens is 1. The summed E-state index contributed by atoms with van der Waals surface area (Å²) in [6.45, 7) is -0.613. The Labute approximate surface area is 175 Å². The van der Waals surface area contributed by atoms with Gasteiger partial charge in [0, 0.05) is 22.9 Å². The molecule has 0 bridgehead atoms. The Morgan fingerprint density at radius 1 is 1.10 bits per heavy atom. The second-order valence-corrected chi connectivity index (χ2v) is 9.83. The normalized spacial score (nSPS) is 12.1. The molecular formula is C21H18FNO5S2. The molecule has 0 radical (unpaired) electrons. The molecule has 4 aromatic rings. The maximum absolute atomic E-state index is 14.9. The Hall–Kier alpha value is -2.59. The molecule has 3 N–H and O–H groups in total. The number of sulfone groups is 1. The SMILES string of the molecule is O=c1[nH]c2ccc(CO)c(-c3ccc(S(=O)(=O)CCCO)c(F)c3)c2c2ccsc12. The second kappa shape index (κ2) is 7.92. The fraction of sp³-hybridized carbons (Fsp3) is 0.190. The maximum atomic E-state index is 14.9. The highest BCUT2D eigenvalue weighted by atomic mass is 32.2. The summed E-state index contributed by atoms with van der Waals surface area (Å²) >= 11 is 1.28. The van der Waals surface area contributed by atoms with Crippen molar-refractivity contribution in [2.45, 2.75) is 17.9 Å². The topological polar surface area (TPSA) is 107 Å². The van der Waals surface area contributed by atoms with Gasteiger partial charge in [-0.05, 0) is 52.8 Å². The van der Waals surface area contributed by atoms with E-state index in [-0.39, 0.29) is 30.9 Å². The van der Waals surface area contributed by atoms with Crippen molar-refractivity contribution in [3.8, 4) is 11.1 Å². The first-order valence-electron chi connectivity index (χ1n) is 9.17. The molecule has 0 saturated carbocycles. The van der Waals surface area contributed by atoms with Crippen LogP contribution >= 0.6 is 11.3 Å². The lowest BCUT2D eigenvalue weighted by Gasteiger charge is -2.14. The molecule has 0 amide bonds. The van der Waals surface area contributed by atoms with Gasteiger partial charge in [-0.1, -0.05) is 12.1 Å². The van der Waals surface area contributed by atoms with Crippen molar-refractivity contribution in [2.24, 2.45) is 0 Å². The highest BCUT2D eigenvalue weighted by molar-refractivity contribution is 7.91. The lowest BCUT2D eigenvalue weighted by atomic mass is 9.93. The summed E-state index contributed by atoms with van der Waals surface area (Å²) in [6, 6.07) is 8.96. The summed E-state index contributed by atoms with van der Waals surface area (Å²) < 4.78 is 40.1. The molecule has 2 aromatic carbocycles. The number of aromatic amines is 1. The summed E-state index contributed by atoms with van der Waals surface area (Å²) in [5.41, 5.74) is 1.76. The van der Waals surface area contributed by atoms with Gasteiger partial charge in [0.15, 0.2) is 9.84 Å². The molecule has 0 saturated heterocycles. The number of fused-ring (bicyclic) bond motifs is 3. The Balaban J connectivity index is 1.99. The summed E-state index contributed by atoms with van der Waals surface area (Å²) in [6.07, 6.45) is 0.0189. The standard InChI is InChI=1S/C21H18FNO5S2/c22-15-10-12(3-5-17(15)30(27,28)9-1-7-24)18-13(11-25)2-4-16-19(18)14-6-8-29-20(14)21(26)23-16/h2-6,8,10,24-25H,1,7,9,11H2,(H,23,26). The van der Waals surface area contributed by atoms with Gasteiger partial charge in [0.05, 0.1) is 12.4 Å². The molecule has 4 rings (SSSR count). The van der Waals surface area contributed by atoms with Gasteiger partial charge >= 0.3 is 0 Å². The number of rotatable bonds is 6. The molecule has 9 heteroatoms. The number of H-pyrrole nitrogens is 1. The van der Waals surface area contributed by atoms with Crippen molar-refractivity contribution in [1.29, 1.82) is 0 Å². The van der Waals surface area contributed by atoms with Crippen LogP contribution in [0.15, 0.2) is 51.5 Å². The molecule has 0 aliphatic carbocycles. The van der Waals surface area contributed by atoms with E-state index in [1.54, 1.807) is 23.6 Å².